The quantitative estimate of drug-likeness (QED) is 0.660. The van der Waals surface area contributed by atoms with Crippen LogP contribution in [0.4, 0.5) is 5.69 Å². The van der Waals surface area contributed by atoms with Gasteiger partial charge < -0.3 is 15.1 Å². The number of aliphatic imine (C=N–C) groups is 1. The molecule has 4 aliphatic rings. The van der Waals surface area contributed by atoms with Crippen molar-refractivity contribution in [2.24, 2.45) is 4.99 Å². The van der Waals surface area contributed by atoms with Gasteiger partial charge in [0.15, 0.2) is 0 Å². The molecule has 0 saturated carbocycles. The van der Waals surface area contributed by atoms with Crippen molar-refractivity contribution in [3.05, 3.63) is 88.6 Å². The number of carbonyl (C=O) groups excluding carboxylic acids is 1. The van der Waals surface area contributed by atoms with E-state index in [0.29, 0.717) is 18.2 Å². The van der Waals surface area contributed by atoms with Gasteiger partial charge in [0.05, 0.1) is 6.54 Å². The number of nitrogens with zero attached hydrogens (tertiary/aromatic N) is 4. The van der Waals surface area contributed by atoms with E-state index >= 15 is 0 Å². The molecule has 188 valence electrons. The lowest BCUT2D eigenvalue weighted by Gasteiger charge is -2.36. The second-order valence-corrected chi connectivity index (χ2v) is 10.4. The molecule has 2 atom stereocenters. The number of piperazine rings is 1. The van der Waals surface area contributed by atoms with E-state index in [2.05, 4.69) is 56.0 Å². The van der Waals surface area contributed by atoms with Crippen LogP contribution in [0.5, 0.6) is 0 Å². The summed E-state index contributed by atoms with van der Waals surface area (Å²) in [5, 5.41) is 3.09. The van der Waals surface area contributed by atoms with E-state index in [1.807, 2.05) is 55.6 Å². The van der Waals surface area contributed by atoms with E-state index in [1.165, 1.54) is 11.1 Å². The molecule has 6 nitrogen and oxygen atoms in total. The first-order valence-electron chi connectivity index (χ1n) is 13.2. The normalized spacial score (nSPS) is 22.8. The Kier molecular flexibility index (Phi) is 6.42. The van der Waals surface area contributed by atoms with Crippen LogP contribution in [0.25, 0.3) is 0 Å². The summed E-state index contributed by atoms with van der Waals surface area (Å²) in [5.74, 6) is 7.59. The predicted molar refractivity (Wildman–Crippen MR) is 149 cm³/mol. The molecule has 0 aromatic heterocycles. The molecule has 6 heteroatoms. The van der Waals surface area contributed by atoms with Crippen LogP contribution in [0.15, 0.2) is 65.8 Å². The van der Waals surface area contributed by atoms with E-state index in [1.54, 1.807) is 0 Å². The number of likely N-dealkylation sites (N-methyl/N-ethyl adjacent to an activating group) is 1. The van der Waals surface area contributed by atoms with E-state index < -0.39 is 0 Å². The lowest BCUT2D eigenvalue weighted by atomic mass is 10.0. The molecule has 2 aromatic rings. The molecule has 3 heterocycles. The summed E-state index contributed by atoms with van der Waals surface area (Å²) in [7, 11) is 2.19. The molecule has 1 amide bonds. The van der Waals surface area contributed by atoms with Gasteiger partial charge in [-0.2, -0.15) is 0 Å². The van der Waals surface area contributed by atoms with Crippen LogP contribution in [0.3, 0.4) is 0 Å². The zero-order valence-corrected chi connectivity index (χ0v) is 21.6. The Morgan fingerprint density at radius 2 is 1.95 bits per heavy atom. The SMILES string of the molecule is Cc1ccc(NC(=O)c2ccc3c(c2)CC[C@H]3N2CCN(C)CC2)cc1C#CC1CN=C2C=CC=CN21. The van der Waals surface area contributed by atoms with Gasteiger partial charge in [0.2, 0.25) is 0 Å². The fourth-order valence-electron chi connectivity index (χ4n) is 5.68. The predicted octanol–water partition coefficient (Wildman–Crippen LogP) is 4.00. The van der Waals surface area contributed by atoms with Gasteiger partial charge in [0, 0.05) is 55.2 Å². The van der Waals surface area contributed by atoms with Crippen molar-refractivity contribution in [2.45, 2.75) is 31.8 Å². The molecule has 1 unspecified atom stereocenters. The molecule has 1 aliphatic carbocycles. The monoisotopic (exact) mass is 491 g/mol. The Labute approximate surface area is 219 Å². The average molecular weight is 492 g/mol. The molecule has 1 N–H and O–H groups in total. The van der Waals surface area contributed by atoms with Crippen molar-refractivity contribution in [2.75, 3.05) is 45.1 Å². The topological polar surface area (TPSA) is 51.2 Å². The number of amidine groups is 1. The number of fused-ring (bicyclic) bond motifs is 2. The average Bonchev–Trinajstić information content (AvgIpc) is 3.53. The van der Waals surface area contributed by atoms with E-state index in [4.69, 9.17) is 0 Å². The van der Waals surface area contributed by atoms with Crippen LogP contribution < -0.4 is 5.32 Å². The number of carbonyl (C=O) groups is 1. The van der Waals surface area contributed by atoms with E-state index in [-0.39, 0.29) is 11.9 Å². The van der Waals surface area contributed by atoms with Gasteiger partial charge in [0.1, 0.15) is 11.9 Å². The summed E-state index contributed by atoms with van der Waals surface area (Å²) in [6, 6.07) is 12.7. The van der Waals surface area contributed by atoms with Gasteiger partial charge in [-0.15, -0.1) is 0 Å². The number of benzene rings is 2. The molecule has 2 aromatic carbocycles. The Bertz CT molecular complexity index is 1370. The lowest BCUT2D eigenvalue weighted by Crippen LogP contribution is -2.45. The summed E-state index contributed by atoms with van der Waals surface area (Å²) in [5.41, 5.74) is 6.20. The standard InChI is InChI=1S/C31H33N5O/c1-22-6-10-26(20-23(22)7-11-27-21-32-30-5-3-4-14-36(27)30)33-31(37)25-8-12-28-24(19-25)9-13-29(28)35-17-15-34(2)16-18-35/h3-6,8,10,12,14,19-20,27,29H,9,13,15-18,21H2,1-2H3,(H,33,37)/t27?,29-/m1/s1. The molecule has 1 fully saturated rings. The molecule has 37 heavy (non-hydrogen) atoms. The smallest absolute Gasteiger partial charge is 0.255 e. The third-order valence-electron chi connectivity index (χ3n) is 7.93. The number of aryl methyl sites for hydroxylation is 2. The summed E-state index contributed by atoms with van der Waals surface area (Å²) >= 11 is 0. The summed E-state index contributed by atoms with van der Waals surface area (Å²) < 4.78 is 0. The van der Waals surface area contributed by atoms with Gasteiger partial charge in [-0.1, -0.05) is 30.0 Å². The van der Waals surface area contributed by atoms with Crippen LogP contribution in [0.2, 0.25) is 0 Å². The van der Waals surface area contributed by atoms with Crippen LogP contribution in [0.1, 0.15) is 45.1 Å². The molecule has 3 aliphatic heterocycles. The number of nitrogens with one attached hydrogen (secondary N) is 1. The maximum atomic E-state index is 13.2. The van der Waals surface area contributed by atoms with Crippen molar-refractivity contribution in [3.8, 4) is 11.8 Å². The van der Waals surface area contributed by atoms with Crippen LogP contribution >= 0.6 is 0 Å². The Morgan fingerprint density at radius 3 is 2.81 bits per heavy atom. The molecule has 1 saturated heterocycles. The van der Waals surface area contributed by atoms with Crippen molar-refractivity contribution < 1.29 is 4.79 Å². The number of rotatable bonds is 3. The van der Waals surface area contributed by atoms with Gasteiger partial charge in [-0.3, -0.25) is 14.7 Å². The minimum atomic E-state index is -0.0762. The fraction of sp³-hybridized carbons (Fsp3) is 0.355. The van der Waals surface area contributed by atoms with Gasteiger partial charge in [-0.05, 0) is 79.9 Å². The Hall–Kier alpha value is -3.66. The third kappa shape index (κ3) is 4.85. The zero-order valence-electron chi connectivity index (χ0n) is 21.6. The van der Waals surface area contributed by atoms with Gasteiger partial charge in [0.25, 0.3) is 5.91 Å². The van der Waals surface area contributed by atoms with Crippen LogP contribution in [-0.2, 0) is 6.42 Å². The lowest BCUT2D eigenvalue weighted by molar-refractivity contribution is 0.102. The minimum absolute atomic E-state index is 0.0370. The highest BCUT2D eigenvalue weighted by atomic mass is 16.1. The molecular weight excluding hydrogens is 458 g/mol. The van der Waals surface area contributed by atoms with E-state index in [9.17, 15) is 4.79 Å². The molecule has 0 bridgehead atoms. The van der Waals surface area contributed by atoms with Crippen LogP contribution in [0, 0.1) is 18.8 Å². The highest BCUT2D eigenvalue weighted by Gasteiger charge is 2.30. The highest BCUT2D eigenvalue weighted by Crippen LogP contribution is 2.36. The molecule has 6 rings (SSSR count). The molecule has 0 radical (unpaired) electrons. The maximum Gasteiger partial charge on any atom is 0.255 e. The van der Waals surface area contributed by atoms with Crippen LogP contribution in [-0.4, -0.2) is 72.3 Å². The number of anilines is 1. The minimum Gasteiger partial charge on any atom is -0.322 e. The first kappa shape index (κ1) is 23.7. The van der Waals surface area contributed by atoms with Crippen molar-refractivity contribution in [3.63, 3.8) is 0 Å². The summed E-state index contributed by atoms with van der Waals surface area (Å²) in [6.45, 7) is 7.19. The Morgan fingerprint density at radius 1 is 1.08 bits per heavy atom. The molecular formula is C31H33N5O. The summed E-state index contributed by atoms with van der Waals surface area (Å²) in [4.78, 5) is 24.8. The van der Waals surface area contributed by atoms with Crippen molar-refractivity contribution >= 4 is 17.4 Å². The number of hydrogen-bond donors (Lipinski definition) is 1. The summed E-state index contributed by atoms with van der Waals surface area (Å²) in [6.07, 6.45) is 10.2. The third-order valence-corrected chi connectivity index (χ3v) is 7.93. The second kappa shape index (κ2) is 10.0. The largest absolute Gasteiger partial charge is 0.322 e. The maximum absolute atomic E-state index is 13.2. The first-order chi connectivity index (χ1) is 18.0. The van der Waals surface area contributed by atoms with Crippen molar-refractivity contribution in [1.82, 2.24) is 14.7 Å². The number of amides is 1. The number of hydrogen-bond acceptors (Lipinski definition) is 5. The zero-order chi connectivity index (χ0) is 25.4. The molecule has 0 spiro atoms. The van der Waals surface area contributed by atoms with Crippen molar-refractivity contribution in [1.29, 1.82) is 0 Å². The second-order valence-electron chi connectivity index (χ2n) is 10.4. The van der Waals surface area contributed by atoms with Gasteiger partial charge in [-0.25, -0.2) is 0 Å². The van der Waals surface area contributed by atoms with E-state index in [0.717, 1.165) is 61.7 Å². The Balaban J connectivity index is 1.14. The van der Waals surface area contributed by atoms with Gasteiger partial charge >= 0.3 is 0 Å². The first-order valence-corrected chi connectivity index (χ1v) is 13.2. The fourth-order valence-corrected chi connectivity index (χ4v) is 5.68. The number of allylic oxidation sites excluding steroid dienone is 2. The highest BCUT2D eigenvalue weighted by molar-refractivity contribution is 6.04.